The van der Waals surface area contributed by atoms with Gasteiger partial charge >= 0.3 is 0 Å². The summed E-state index contributed by atoms with van der Waals surface area (Å²) in [7, 11) is 0. The molecule has 1 atom stereocenters. The van der Waals surface area contributed by atoms with E-state index in [1.54, 1.807) is 17.1 Å². The smallest absolute Gasteiger partial charge is 0.237 e. The van der Waals surface area contributed by atoms with E-state index in [1.807, 2.05) is 18.2 Å². The highest BCUT2D eigenvalue weighted by Gasteiger charge is 2.14. The fourth-order valence-corrected chi connectivity index (χ4v) is 2.10. The third-order valence-corrected chi connectivity index (χ3v) is 3.16. The molecular weight excluding hydrogens is 248 g/mol. The molecule has 0 heterocycles. The zero-order chi connectivity index (χ0) is 14.8. The van der Waals surface area contributed by atoms with Crippen molar-refractivity contribution in [2.24, 2.45) is 0 Å². The monoisotopic (exact) mass is 272 g/mol. The lowest BCUT2D eigenvalue weighted by atomic mass is 10.0. The van der Waals surface area contributed by atoms with Crippen LogP contribution >= 0.6 is 0 Å². The average molecular weight is 272 g/mol. The summed E-state index contributed by atoms with van der Waals surface area (Å²) in [5, 5.41) is 3.32. The van der Waals surface area contributed by atoms with E-state index in [2.05, 4.69) is 37.5 Å². The first-order valence-corrected chi connectivity index (χ1v) is 7.00. The Hall–Kier alpha value is -1.87. The highest BCUT2D eigenvalue weighted by Crippen LogP contribution is 2.15. The molecule has 0 saturated heterocycles. The lowest BCUT2D eigenvalue weighted by molar-refractivity contribution is -0.129. The van der Waals surface area contributed by atoms with Gasteiger partial charge in [0.05, 0.1) is 6.54 Å². The highest BCUT2D eigenvalue weighted by molar-refractivity contribution is 5.78. The van der Waals surface area contributed by atoms with Crippen molar-refractivity contribution >= 4 is 5.91 Å². The molecule has 0 bridgehead atoms. The van der Waals surface area contributed by atoms with Crippen LogP contribution < -0.4 is 5.32 Å². The summed E-state index contributed by atoms with van der Waals surface area (Å²) in [6.45, 7) is 10.9. The molecule has 0 radical (unpaired) electrons. The Morgan fingerprint density at radius 3 is 2.35 bits per heavy atom. The molecule has 1 amide bonds. The van der Waals surface area contributed by atoms with Crippen molar-refractivity contribution in [3.63, 3.8) is 0 Å². The van der Waals surface area contributed by atoms with Crippen LogP contribution in [0.1, 0.15) is 24.9 Å². The summed E-state index contributed by atoms with van der Waals surface area (Å²) in [6, 6.07) is 10.4. The van der Waals surface area contributed by atoms with Gasteiger partial charge in [0.2, 0.25) is 5.91 Å². The van der Waals surface area contributed by atoms with E-state index >= 15 is 0 Å². The lowest BCUT2D eigenvalue weighted by Crippen LogP contribution is -2.39. The maximum Gasteiger partial charge on any atom is 0.237 e. The van der Waals surface area contributed by atoms with E-state index in [-0.39, 0.29) is 11.9 Å². The third-order valence-electron chi connectivity index (χ3n) is 3.16. The van der Waals surface area contributed by atoms with Gasteiger partial charge in [-0.25, -0.2) is 0 Å². The van der Waals surface area contributed by atoms with Gasteiger partial charge in [-0.2, -0.15) is 0 Å². The molecule has 0 aliphatic heterocycles. The molecule has 1 aromatic rings. The van der Waals surface area contributed by atoms with E-state index in [0.29, 0.717) is 19.6 Å². The Bertz CT molecular complexity index is 418. The first-order chi connectivity index (χ1) is 9.72. The third kappa shape index (κ3) is 5.02. The normalized spacial score (nSPS) is 11.7. The van der Waals surface area contributed by atoms with Crippen LogP contribution in [0.2, 0.25) is 0 Å². The number of rotatable bonds is 9. The molecular formula is C17H24N2O. The topological polar surface area (TPSA) is 32.3 Å². The average Bonchev–Trinajstić information content (AvgIpc) is 2.48. The number of hydrogen-bond donors (Lipinski definition) is 1. The van der Waals surface area contributed by atoms with Gasteiger partial charge in [-0.05, 0) is 12.0 Å². The number of nitrogens with zero attached hydrogens (tertiary/aromatic N) is 1. The van der Waals surface area contributed by atoms with Gasteiger partial charge in [0.15, 0.2) is 0 Å². The predicted octanol–water partition coefficient (Wildman–Crippen LogP) is 2.93. The van der Waals surface area contributed by atoms with Gasteiger partial charge in [0, 0.05) is 19.1 Å². The predicted molar refractivity (Wildman–Crippen MR) is 84.5 cm³/mol. The Morgan fingerprint density at radius 2 is 1.85 bits per heavy atom. The Labute approximate surface area is 122 Å². The largest absolute Gasteiger partial charge is 0.334 e. The summed E-state index contributed by atoms with van der Waals surface area (Å²) >= 11 is 0. The summed E-state index contributed by atoms with van der Waals surface area (Å²) in [6.07, 6.45) is 4.41. The SMILES string of the molecule is C=CCN(CC=C)C(=O)CNC(CC)c1ccccc1. The molecule has 3 nitrogen and oxygen atoms in total. The summed E-state index contributed by atoms with van der Waals surface area (Å²) in [5.41, 5.74) is 1.21. The maximum atomic E-state index is 12.1. The Morgan fingerprint density at radius 1 is 1.25 bits per heavy atom. The zero-order valence-corrected chi connectivity index (χ0v) is 12.2. The fourth-order valence-electron chi connectivity index (χ4n) is 2.10. The van der Waals surface area contributed by atoms with E-state index < -0.39 is 0 Å². The van der Waals surface area contributed by atoms with Crippen LogP contribution in [0.5, 0.6) is 0 Å². The minimum Gasteiger partial charge on any atom is -0.334 e. The van der Waals surface area contributed by atoms with Gasteiger partial charge in [0.25, 0.3) is 0 Å². The van der Waals surface area contributed by atoms with Crippen molar-refractivity contribution in [1.29, 1.82) is 0 Å². The van der Waals surface area contributed by atoms with Gasteiger partial charge in [0.1, 0.15) is 0 Å². The van der Waals surface area contributed by atoms with Crippen LogP contribution in [0.25, 0.3) is 0 Å². The van der Waals surface area contributed by atoms with Crippen LogP contribution in [-0.4, -0.2) is 30.4 Å². The van der Waals surface area contributed by atoms with E-state index in [0.717, 1.165) is 6.42 Å². The second kappa shape index (κ2) is 9.10. The molecule has 1 unspecified atom stereocenters. The first kappa shape index (κ1) is 16.2. The lowest BCUT2D eigenvalue weighted by Gasteiger charge is -2.22. The first-order valence-electron chi connectivity index (χ1n) is 7.00. The minimum atomic E-state index is 0.0687. The van der Waals surface area contributed by atoms with Gasteiger partial charge in [-0.1, -0.05) is 49.4 Å². The fraction of sp³-hybridized carbons (Fsp3) is 0.353. The summed E-state index contributed by atoms with van der Waals surface area (Å²) in [4.78, 5) is 13.9. The zero-order valence-electron chi connectivity index (χ0n) is 12.2. The quantitative estimate of drug-likeness (QED) is 0.701. The standard InChI is InChI=1S/C17H24N2O/c1-4-12-19(13-5-2)17(20)14-18-16(6-3)15-10-8-7-9-11-15/h4-5,7-11,16,18H,1-2,6,12-14H2,3H3. The molecule has 108 valence electrons. The van der Waals surface area contributed by atoms with Gasteiger partial charge in [-0.3, -0.25) is 4.79 Å². The minimum absolute atomic E-state index is 0.0687. The maximum absolute atomic E-state index is 12.1. The molecule has 0 saturated carbocycles. The molecule has 1 N–H and O–H groups in total. The number of carbonyl (C=O) groups is 1. The van der Waals surface area contributed by atoms with Crippen molar-refractivity contribution in [3.05, 3.63) is 61.2 Å². The molecule has 20 heavy (non-hydrogen) atoms. The second-order valence-electron chi connectivity index (χ2n) is 4.63. The van der Waals surface area contributed by atoms with Crippen molar-refractivity contribution in [1.82, 2.24) is 10.2 Å². The number of nitrogens with one attached hydrogen (secondary N) is 1. The molecule has 3 heteroatoms. The van der Waals surface area contributed by atoms with Gasteiger partial charge < -0.3 is 10.2 Å². The van der Waals surface area contributed by atoms with E-state index in [9.17, 15) is 4.79 Å². The van der Waals surface area contributed by atoms with E-state index in [1.165, 1.54) is 5.56 Å². The van der Waals surface area contributed by atoms with Crippen molar-refractivity contribution in [3.8, 4) is 0 Å². The summed E-state index contributed by atoms with van der Waals surface area (Å²) < 4.78 is 0. The molecule has 0 fully saturated rings. The molecule has 0 spiro atoms. The number of benzene rings is 1. The number of amides is 1. The summed E-state index contributed by atoms with van der Waals surface area (Å²) in [5.74, 6) is 0.0687. The second-order valence-corrected chi connectivity index (χ2v) is 4.63. The molecule has 1 rings (SSSR count). The van der Waals surface area contributed by atoms with E-state index in [4.69, 9.17) is 0 Å². The van der Waals surface area contributed by atoms with Crippen molar-refractivity contribution in [2.45, 2.75) is 19.4 Å². The molecule has 0 aliphatic carbocycles. The van der Waals surface area contributed by atoms with Crippen LogP contribution in [0.3, 0.4) is 0 Å². The van der Waals surface area contributed by atoms with Crippen LogP contribution in [0.15, 0.2) is 55.6 Å². The van der Waals surface area contributed by atoms with Gasteiger partial charge in [-0.15, -0.1) is 13.2 Å². The van der Waals surface area contributed by atoms with Crippen LogP contribution in [-0.2, 0) is 4.79 Å². The number of hydrogen-bond acceptors (Lipinski definition) is 2. The highest BCUT2D eigenvalue weighted by atomic mass is 16.2. The molecule has 0 aromatic heterocycles. The van der Waals surface area contributed by atoms with Crippen LogP contribution in [0.4, 0.5) is 0 Å². The Kier molecular flexibility index (Phi) is 7.36. The number of carbonyl (C=O) groups excluding carboxylic acids is 1. The molecule has 1 aromatic carbocycles. The van der Waals surface area contributed by atoms with Crippen LogP contribution in [0, 0.1) is 0 Å². The van der Waals surface area contributed by atoms with Crippen molar-refractivity contribution in [2.75, 3.05) is 19.6 Å². The molecule has 0 aliphatic rings. The Balaban J connectivity index is 2.57. The van der Waals surface area contributed by atoms with Crippen molar-refractivity contribution < 1.29 is 4.79 Å².